The van der Waals surface area contributed by atoms with Gasteiger partial charge in [-0.15, -0.1) is 0 Å². The van der Waals surface area contributed by atoms with E-state index in [1.54, 1.807) is 0 Å². The van der Waals surface area contributed by atoms with Crippen molar-refractivity contribution in [2.24, 2.45) is 0 Å². The summed E-state index contributed by atoms with van der Waals surface area (Å²) < 4.78 is 0. The van der Waals surface area contributed by atoms with Crippen molar-refractivity contribution in [1.82, 2.24) is 0 Å². The average Bonchev–Trinajstić information content (AvgIpc) is 2.48. The minimum atomic E-state index is 0. The van der Waals surface area contributed by atoms with Crippen molar-refractivity contribution in [3.63, 3.8) is 0 Å². The second-order valence-corrected chi connectivity index (χ2v) is 3.98. The van der Waals surface area contributed by atoms with Crippen LogP contribution >= 0.6 is 0 Å². The van der Waals surface area contributed by atoms with Crippen LogP contribution in [-0.2, 0) is 0 Å². The van der Waals surface area contributed by atoms with Gasteiger partial charge in [0.2, 0.25) is 5.69 Å². The molecule has 0 spiro atoms. The standard InChI is InChI=1S/C17H16N2.BrH/c1-4-10-16(11-5-1)18-14-8-3-9-15-19-17-12-6-2-7-13-17;/h1-13,18H,14H2;1H. The molecule has 0 heterocycles. The molecule has 0 bridgehead atoms. The highest BCUT2D eigenvalue weighted by molar-refractivity contribution is 5.50. The summed E-state index contributed by atoms with van der Waals surface area (Å²) >= 11 is 0. The number of para-hydroxylation sites is 2. The Bertz CT molecular complexity index is 570. The van der Waals surface area contributed by atoms with Crippen molar-refractivity contribution in [3.8, 4) is 0 Å². The van der Waals surface area contributed by atoms with Gasteiger partial charge in [0.25, 0.3) is 0 Å². The molecule has 0 unspecified atom stereocenters. The van der Waals surface area contributed by atoms with E-state index in [0.717, 1.165) is 17.9 Å². The zero-order valence-corrected chi connectivity index (χ0v) is 12.7. The van der Waals surface area contributed by atoms with E-state index < -0.39 is 0 Å². The van der Waals surface area contributed by atoms with Crippen molar-refractivity contribution >= 4 is 17.2 Å². The first-order chi connectivity index (χ1) is 9.45. The maximum Gasteiger partial charge on any atom is 0.212 e. The molecule has 2 N–H and O–H groups in total. The first-order valence-electron chi connectivity index (χ1n) is 6.29. The Balaban J connectivity index is 0.00000200. The SMILES string of the molecule is C(=CC=CCNc1ccccc1)=[NH+]c1ccccc1.[Br-]. The molecule has 0 fully saturated rings. The molecule has 0 aliphatic heterocycles. The fraction of sp³-hybridized carbons (Fsp3) is 0.0588. The van der Waals surface area contributed by atoms with Gasteiger partial charge in [0, 0.05) is 30.4 Å². The Kier molecular flexibility index (Phi) is 7.82. The molecule has 0 aliphatic rings. The molecule has 0 aliphatic carbocycles. The van der Waals surface area contributed by atoms with E-state index in [-0.39, 0.29) is 17.0 Å². The summed E-state index contributed by atoms with van der Waals surface area (Å²) in [7, 11) is 0. The number of rotatable bonds is 5. The molecule has 3 heteroatoms. The molecule has 0 radical (unpaired) electrons. The molecule has 2 aromatic rings. The van der Waals surface area contributed by atoms with Crippen LogP contribution in [0.3, 0.4) is 0 Å². The Morgan fingerprint density at radius 3 is 2.30 bits per heavy atom. The number of halogens is 1. The number of anilines is 1. The van der Waals surface area contributed by atoms with Crippen LogP contribution in [0.1, 0.15) is 0 Å². The van der Waals surface area contributed by atoms with Crippen LogP contribution in [0.2, 0.25) is 0 Å². The van der Waals surface area contributed by atoms with E-state index in [2.05, 4.69) is 16.2 Å². The maximum absolute atomic E-state index is 3.30. The minimum absolute atomic E-state index is 0. The van der Waals surface area contributed by atoms with Gasteiger partial charge in [0.05, 0.1) is 0 Å². The van der Waals surface area contributed by atoms with Crippen molar-refractivity contribution in [1.29, 1.82) is 0 Å². The molecule has 2 aromatic carbocycles. The van der Waals surface area contributed by atoms with Crippen molar-refractivity contribution in [2.75, 3.05) is 11.9 Å². The third-order valence-electron chi connectivity index (χ3n) is 2.50. The molecular weight excluding hydrogens is 312 g/mol. The van der Waals surface area contributed by atoms with Gasteiger partial charge in [-0.05, 0) is 12.1 Å². The smallest absolute Gasteiger partial charge is 0.212 e. The van der Waals surface area contributed by atoms with E-state index in [1.807, 2.05) is 78.9 Å². The number of nitrogens with one attached hydrogen (secondary N) is 2. The monoisotopic (exact) mass is 328 g/mol. The van der Waals surface area contributed by atoms with E-state index in [4.69, 9.17) is 0 Å². The van der Waals surface area contributed by atoms with E-state index >= 15 is 0 Å². The van der Waals surface area contributed by atoms with Crippen molar-refractivity contribution in [2.45, 2.75) is 0 Å². The first kappa shape index (κ1) is 16.0. The van der Waals surface area contributed by atoms with Gasteiger partial charge >= 0.3 is 0 Å². The minimum Gasteiger partial charge on any atom is -1.00 e. The van der Waals surface area contributed by atoms with Gasteiger partial charge in [-0.25, -0.2) is 0 Å². The number of benzene rings is 2. The van der Waals surface area contributed by atoms with Gasteiger partial charge in [-0.2, -0.15) is 4.99 Å². The highest BCUT2D eigenvalue weighted by atomic mass is 79.9. The van der Waals surface area contributed by atoms with Crippen LogP contribution in [0.5, 0.6) is 0 Å². The Hall–Kier alpha value is -2.09. The second-order valence-electron chi connectivity index (χ2n) is 3.98. The summed E-state index contributed by atoms with van der Waals surface area (Å²) in [6.07, 6.45) is 5.87. The summed E-state index contributed by atoms with van der Waals surface area (Å²) in [4.78, 5) is 3.08. The van der Waals surface area contributed by atoms with Crippen LogP contribution in [-0.4, -0.2) is 12.4 Å². The van der Waals surface area contributed by atoms with E-state index in [9.17, 15) is 0 Å². The highest BCUT2D eigenvalue weighted by Crippen LogP contribution is 2.03. The van der Waals surface area contributed by atoms with Gasteiger partial charge in [-0.1, -0.05) is 48.6 Å². The third-order valence-corrected chi connectivity index (χ3v) is 2.50. The summed E-state index contributed by atoms with van der Waals surface area (Å²) in [5.41, 5.74) is 2.16. The van der Waals surface area contributed by atoms with Crippen LogP contribution in [0.25, 0.3) is 0 Å². The number of allylic oxidation sites excluding steroid dienone is 2. The topological polar surface area (TPSA) is 26.0 Å². The Morgan fingerprint density at radius 1 is 0.950 bits per heavy atom. The highest BCUT2D eigenvalue weighted by Gasteiger charge is 1.87. The third kappa shape index (κ3) is 6.19. The first-order valence-corrected chi connectivity index (χ1v) is 6.29. The van der Waals surface area contributed by atoms with Gasteiger partial charge in [-0.3, -0.25) is 0 Å². The predicted octanol–water partition coefficient (Wildman–Crippen LogP) is -0.703. The zero-order chi connectivity index (χ0) is 13.2. The number of hydrogen-bond acceptors (Lipinski definition) is 1. The summed E-state index contributed by atoms with van der Waals surface area (Å²) in [5, 5.41) is 3.30. The van der Waals surface area contributed by atoms with Crippen LogP contribution in [0.15, 0.2) is 78.9 Å². The van der Waals surface area contributed by atoms with Crippen LogP contribution < -0.4 is 27.3 Å². The molecule has 2 rings (SSSR count). The van der Waals surface area contributed by atoms with Gasteiger partial charge < -0.3 is 22.3 Å². The Labute approximate surface area is 130 Å². The summed E-state index contributed by atoms with van der Waals surface area (Å²) in [6.45, 7) is 0.799. The van der Waals surface area contributed by atoms with E-state index in [0.29, 0.717) is 0 Å². The zero-order valence-electron chi connectivity index (χ0n) is 11.1. The fourth-order valence-electron chi connectivity index (χ4n) is 1.56. The second kappa shape index (κ2) is 9.79. The van der Waals surface area contributed by atoms with Crippen LogP contribution in [0, 0.1) is 0 Å². The molecule has 0 aromatic heterocycles. The lowest BCUT2D eigenvalue weighted by atomic mass is 10.3. The van der Waals surface area contributed by atoms with Gasteiger partial charge in [0.1, 0.15) is 0 Å². The number of hydrogen-bond donors (Lipinski definition) is 2. The molecule has 102 valence electrons. The quantitative estimate of drug-likeness (QED) is 0.551. The largest absolute Gasteiger partial charge is 1.00 e. The summed E-state index contributed by atoms with van der Waals surface area (Å²) in [5.74, 6) is 3.01. The molecule has 0 saturated heterocycles. The Morgan fingerprint density at radius 2 is 1.60 bits per heavy atom. The van der Waals surface area contributed by atoms with Gasteiger partial charge in [0.15, 0.2) is 5.87 Å². The predicted molar refractivity (Wildman–Crippen MR) is 80.7 cm³/mol. The fourth-order valence-corrected chi connectivity index (χ4v) is 1.56. The molecule has 0 amide bonds. The van der Waals surface area contributed by atoms with Crippen molar-refractivity contribution < 1.29 is 22.0 Å². The maximum atomic E-state index is 3.30. The summed E-state index contributed by atoms with van der Waals surface area (Å²) in [6, 6.07) is 20.1. The molecule has 2 nitrogen and oxygen atoms in total. The molecule has 0 atom stereocenters. The lowest BCUT2D eigenvalue weighted by molar-refractivity contribution is -0.344. The lowest BCUT2D eigenvalue weighted by Gasteiger charge is -2.00. The normalized spacial score (nSPS) is 9.40. The van der Waals surface area contributed by atoms with E-state index in [1.165, 1.54) is 0 Å². The average molecular weight is 329 g/mol. The molecular formula is C17H17BrN2. The lowest BCUT2D eigenvalue weighted by Crippen LogP contribution is -3.00. The molecule has 20 heavy (non-hydrogen) atoms. The molecule has 0 saturated carbocycles. The van der Waals surface area contributed by atoms with Crippen molar-refractivity contribution in [3.05, 3.63) is 78.9 Å². The van der Waals surface area contributed by atoms with Crippen LogP contribution in [0.4, 0.5) is 11.4 Å².